The van der Waals surface area contributed by atoms with E-state index in [1.165, 1.54) is 0 Å². The summed E-state index contributed by atoms with van der Waals surface area (Å²) in [6.07, 6.45) is 0. The average Bonchev–Trinajstić information content (AvgIpc) is 2.37. The lowest BCUT2D eigenvalue weighted by molar-refractivity contribution is -0.386. The van der Waals surface area contributed by atoms with Crippen LogP contribution in [-0.2, 0) is 0 Å². The fourth-order valence-electron chi connectivity index (χ4n) is 1.43. The van der Waals surface area contributed by atoms with E-state index in [1.54, 1.807) is 0 Å². The molecule has 0 aliphatic carbocycles. The van der Waals surface area contributed by atoms with Crippen LogP contribution in [0.4, 0.5) is 14.5 Å². The second-order valence-corrected chi connectivity index (χ2v) is 3.74. The molecule has 9 heteroatoms. The monoisotopic (exact) mass is 278 g/mol. The van der Waals surface area contributed by atoms with E-state index < -0.39 is 34.9 Å². The second-order valence-electron chi connectivity index (χ2n) is 3.74. The predicted molar refractivity (Wildman–Crippen MR) is 60.3 cm³/mol. The SMILES string of the molecule is COc1cc([C@H](N)C(F)(F)CO)cc([N+](=O)[O-])c1O. The summed E-state index contributed by atoms with van der Waals surface area (Å²) < 4.78 is 31.2. The lowest BCUT2D eigenvalue weighted by atomic mass is 10.0. The summed E-state index contributed by atoms with van der Waals surface area (Å²) in [6.45, 7) is -1.51. The smallest absolute Gasteiger partial charge is 0.314 e. The van der Waals surface area contributed by atoms with Crippen molar-refractivity contribution < 1.29 is 28.7 Å². The van der Waals surface area contributed by atoms with E-state index in [4.69, 9.17) is 10.8 Å². The first kappa shape index (κ1) is 15.1. The molecule has 0 spiro atoms. The summed E-state index contributed by atoms with van der Waals surface area (Å²) in [5.41, 5.74) is 4.12. The normalized spacial score (nSPS) is 13.1. The Kier molecular flexibility index (Phi) is 4.22. The molecule has 1 rings (SSSR count). The summed E-state index contributed by atoms with van der Waals surface area (Å²) in [7, 11) is 1.11. The number of nitrogens with two attached hydrogens (primary N) is 1. The van der Waals surface area contributed by atoms with Crippen molar-refractivity contribution in [2.45, 2.75) is 12.0 Å². The number of alkyl halides is 2. The maximum atomic E-state index is 13.3. The molecule has 0 aliphatic rings. The third kappa shape index (κ3) is 2.88. The Labute approximate surface area is 106 Å². The molecule has 0 heterocycles. The van der Waals surface area contributed by atoms with Crippen LogP contribution in [0.5, 0.6) is 11.5 Å². The summed E-state index contributed by atoms with van der Waals surface area (Å²) in [6, 6.07) is -0.298. The van der Waals surface area contributed by atoms with E-state index in [-0.39, 0.29) is 11.3 Å². The molecule has 0 aliphatic heterocycles. The van der Waals surface area contributed by atoms with Crippen molar-refractivity contribution in [2.75, 3.05) is 13.7 Å². The Bertz CT molecular complexity index is 495. The summed E-state index contributed by atoms with van der Waals surface area (Å²) >= 11 is 0. The lowest BCUT2D eigenvalue weighted by Gasteiger charge is -2.22. The third-order valence-corrected chi connectivity index (χ3v) is 2.52. The average molecular weight is 278 g/mol. The van der Waals surface area contributed by atoms with Gasteiger partial charge in [0.2, 0.25) is 5.75 Å². The van der Waals surface area contributed by atoms with Gasteiger partial charge in [-0.15, -0.1) is 0 Å². The number of hydrogen-bond acceptors (Lipinski definition) is 6. The number of nitro groups is 1. The first-order valence-electron chi connectivity index (χ1n) is 5.04. The van der Waals surface area contributed by atoms with Gasteiger partial charge in [0, 0.05) is 6.07 Å². The number of benzene rings is 1. The van der Waals surface area contributed by atoms with Crippen LogP contribution in [-0.4, -0.2) is 34.8 Å². The van der Waals surface area contributed by atoms with Gasteiger partial charge in [0.05, 0.1) is 18.1 Å². The minimum Gasteiger partial charge on any atom is -0.500 e. The van der Waals surface area contributed by atoms with Gasteiger partial charge < -0.3 is 20.7 Å². The Morgan fingerprint density at radius 2 is 2.16 bits per heavy atom. The summed E-state index contributed by atoms with van der Waals surface area (Å²) in [4.78, 5) is 9.74. The Morgan fingerprint density at radius 1 is 1.58 bits per heavy atom. The van der Waals surface area contributed by atoms with Gasteiger partial charge in [0.25, 0.3) is 5.92 Å². The minimum atomic E-state index is -3.66. The van der Waals surface area contributed by atoms with Crippen LogP contribution < -0.4 is 10.5 Å². The molecular weight excluding hydrogens is 266 g/mol. The molecule has 0 saturated carbocycles. The first-order valence-corrected chi connectivity index (χ1v) is 5.04. The van der Waals surface area contributed by atoms with Gasteiger partial charge in [-0.3, -0.25) is 10.1 Å². The van der Waals surface area contributed by atoms with E-state index in [1.807, 2.05) is 0 Å². The van der Waals surface area contributed by atoms with Gasteiger partial charge in [-0.25, -0.2) is 8.78 Å². The number of phenols is 1. The molecule has 1 atom stereocenters. The van der Waals surface area contributed by atoms with Crippen molar-refractivity contribution in [1.82, 2.24) is 0 Å². The number of nitrogens with zero attached hydrogens (tertiary/aromatic N) is 1. The maximum Gasteiger partial charge on any atom is 0.314 e. The highest BCUT2D eigenvalue weighted by molar-refractivity contribution is 5.57. The molecule has 106 valence electrons. The molecule has 4 N–H and O–H groups in total. The van der Waals surface area contributed by atoms with E-state index in [2.05, 4.69) is 4.74 Å². The van der Waals surface area contributed by atoms with Gasteiger partial charge in [-0.1, -0.05) is 0 Å². The van der Waals surface area contributed by atoms with Crippen LogP contribution in [0.1, 0.15) is 11.6 Å². The molecule has 7 nitrogen and oxygen atoms in total. The number of ether oxygens (including phenoxy) is 1. The zero-order valence-electron chi connectivity index (χ0n) is 9.84. The molecule has 1 aromatic rings. The fourth-order valence-corrected chi connectivity index (χ4v) is 1.43. The van der Waals surface area contributed by atoms with Crippen molar-refractivity contribution in [3.63, 3.8) is 0 Å². The van der Waals surface area contributed by atoms with Crippen LogP contribution >= 0.6 is 0 Å². The maximum absolute atomic E-state index is 13.3. The molecule has 0 aromatic heterocycles. The number of rotatable bonds is 5. The Balaban J connectivity index is 3.37. The van der Waals surface area contributed by atoms with Crippen LogP contribution in [0.25, 0.3) is 0 Å². The third-order valence-electron chi connectivity index (χ3n) is 2.52. The summed E-state index contributed by atoms with van der Waals surface area (Å²) in [5, 5.41) is 28.7. The zero-order valence-corrected chi connectivity index (χ0v) is 9.84. The van der Waals surface area contributed by atoms with Crippen LogP contribution in [0.3, 0.4) is 0 Å². The van der Waals surface area contributed by atoms with Gasteiger partial charge in [0.1, 0.15) is 6.61 Å². The molecule has 0 unspecified atom stereocenters. The quantitative estimate of drug-likeness (QED) is 0.544. The van der Waals surface area contributed by atoms with Gasteiger partial charge in [0.15, 0.2) is 5.75 Å². The van der Waals surface area contributed by atoms with Gasteiger partial charge >= 0.3 is 5.69 Å². The van der Waals surface area contributed by atoms with Crippen molar-refractivity contribution in [3.8, 4) is 11.5 Å². The van der Waals surface area contributed by atoms with E-state index in [9.17, 15) is 24.0 Å². The fraction of sp³-hybridized carbons (Fsp3) is 0.400. The molecule has 1 aromatic carbocycles. The highest BCUT2D eigenvalue weighted by Gasteiger charge is 2.38. The molecule has 0 fully saturated rings. The lowest BCUT2D eigenvalue weighted by Crippen LogP contribution is -2.36. The second kappa shape index (κ2) is 5.33. The molecule has 0 radical (unpaired) electrons. The molecule has 0 bridgehead atoms. The van der Waals surface area contributed by atoms with Gasteiger partial charge in [-0.05, 0) is 11.6 Å². The van der Waals surface area contributed by atoms with Crippen LogP contribution in [0, 0.1) is 10.1 Å². The number of halogens is 2. The molecule has 0 amide bonds. The van der Waals surface area contributed by atoms with Crippen molar-refractivity contribution in [3.05, 3.63) is 27.8 Å². The topological polar surface area (TPSA) is 119 Å². The number of nitro benzene ring substituents is 1. The number of hydrogen-bond donors (Lipinski definition) is 3. The van der Waals surface area contributed by atoms with Gasteiger partial charge in [-0.2, -0.15) is 0 Å². The van der Waals surface area contributed by atoms with E-state index in [0.29, 0.717) is 6.07 Å². The van der Waals surface area contributed by atoms with E-state index in [0.717, 1.165) is 13.2 Å². The molecule has 0 saturated heterocycles. The largest absolute Gasteiger partial charge is 0.500 e. The standard InChI is InChI=1S/C10H12F2N2O5/c1-19-7-3-5(9(13)10(11,12)4-15)2-6(8(7)16)14(17)18/h2-3,9,15-16H,4,13H2,1H3/t9-/m0/s1. The molecular formula is C10H12F2N2O5. The summed E-state index contributed by atoms with van der Waals surface area (Å²) in [5.74, 6) is -4.79. The van der Waals surface area contributed by atoms with Crippen molar-refractivity contribution in [1.29, 1.82) is 0 Å². The highest BCUT2D eigenvalue weighted by Crippen LogP contribution is 2.40. The van der Waals surface area contributed by atoms with E-state index >= 15 is 0 Å². The van der Waals surface area contributed by atoms with Crippen molar-refractivity contribution in [2.24, 2.45) is 5.73 Å². The minimum absolute atomic E-state index is 0.333. The number of phenolic OH excluding ortho intramolecular Hbond substituents is 1. The highest BCUT2D eigenvalue weighted by atomic mass is 19.3. The van der Waals surface area contributed by atoms with Crippen LogP contribution in [0.15, 0.2) is 12.1 Å². The first-order chi connectivity index (χ1) is 8.74. The predicted octanol–water partition coefficient (Wildman–Crippen LogP) is 0.936. The van der Waals surface area contributed by atoms with Crippen LogP contribution in [0.2, 0.25) is 0 Å². The number of methoxy groups -OCH3 is 1. The Morgan fingerprint density at radius 3 is 2.58 bits per heavy atom. The number of aromatic hydroxyl groups is 1. The zero-order chi connectivity index (χ0) is 14.8. The molecule has 19 heavy (non-hydrogen) atoms. The van der Waals surface area contributed by atoms with Crippen molar-refractivity contribution >= 4 is 5.69 Å². The number of aliphatic hydroxyl groups excluding tert-OH is 1. The number of aliphatic hydroxyl groups is 1. The Hall–Kier alpha value is -2.00.